The summed E-state index contributed by atoms with van der Waals surface area (Å²) in [6, 6.07) is 3.38. The van der Waals surface area contributed by atoms with Crippen molar-refractivity contribution in [3.63, 3.8) is 0 Å². The van der Waals surface area contributed by atoms with Crippen molar-refractivity contribution in [2.24, 2.45) is 0 Å². The largest absolute Gasteiger partial charge is 0.251 e. The van der Waals surface area contributed by atoms with Crippen LogP contribution >= 0.6 is 12.6 Å². The second kappa shape index (κ2) is 6.84. The standard InChI is InChI=1S/C12H15F3S/c13-7-1-3-9-5-6-10(4-2-8-14)12(16)11(9)15/h5-6,16H,1-4,7-8H2. The molecule has 0 heterocycles. The van der Waals surface area contributed by atoms with E-state index in [1.54, 1.807) is 12.1 Å². The van der Waals surface area contributed by atoms with Crippen molar-refractivity contribution < 1.29 is 13.2 Å². The summed E-state index contributed by atoms with van der Waals surface area (Å²) in [6.45, 7) is -0.872. The van der Waals surface area contributed by atoms with Gasteiger partial charge in [-0.15, -0.1) is 12.6 Å². The molecule has 1 aromatic rings. The highest BCUT2D eigenvalue weighted by Crippen LogP contribution is 2.23. The van der Waals surface area contributed by atoms with Gasteiger partial charge in [-0.2, -0.15) is 0 Å². The number of alkyl halides is 2. The molecule has 0 amide bonds. The van der Waals surface area contributed by atoms with Gasteiger partial charge in [-0.05, 0) is 36.8 Å². The zero-order valence-corrected chi connectivity index (χ0v) is 9.87. The molecule has 0 aliphatic heterocycles. The molecule has 1 aromatic carbocycles. The number of hydrogen-bond donors (Lipinski definition) is 1. The highest BCUT2D eigenvalue weighted by atomic mass is 32.1. The number of thiol groups is 1. The fraction of sp³-hybridized carbons (Fsp3) is 0.500. The lowest BCUT2D eigenvalue weighted by molar-refractivity contribution is 0.465. The van der Waals surface area contributed by atoms with Gasteiger partial charge in [-0.3, -0.25) is 8.78 Å². The summed E-state index contributed by atoms with van der Waals surface area (Å²) in [5.41, 5.74) is 1.19. The molecule has 0 bridgehead atoms. The summed E-state index contributed by atoms with van der Waals surface area (Å²) in [4.78, 5) is 0.268. The van der Waals surface area contributed by atoms with Crippen LogP contribution in [0.15, 0.2) is 17.0 Å². The molecule has 90 valence electrons. The van der Waals surface area contributed by atoms with Gasteiger partial charge in [-0.25, -0.2) is 4.39 Å². The van der Waals surface area contributed by atoms with Crippen LogP contribution in [0.1, 0.15) is 24.0 Å². The number of hydrogen-bond acceptors (Lipinski definition) is 1. The van der Waals surface area contributed by atoms with E-state index >= 15 is 0 Å². The second-order valence-electron chi connectivity index (χ2n) is 3.63. The minimum atomic E-state index is -0.453. The van der Waals surface area contributed by atoms with Gasteiger partial charge in [0.1, 0.15) is 5.82 Å². The number of halogens is 3. The minimum Gasteiger partial charge on any atom is -0.251 e. The monoisotopic (exact) mass is 248 g/mol. The molecule has 0 atom stereocenters. The van der Waals surface area contributed by atoms with E-state index in [0.29, 0.717) is 36.8 Å². The third kappa shape index (κ3) is 3.44. The van der Waals surface area contributed by atoms with E-state index in [1.165, 1.54) is 0 Å². The van der Waals surface area contributed by atoms with Crippen molar-refractivity contribution in [1.29, 1.82) is 0 Å². The van der Waals surface area contributed by atoms with Crippen molar-refractivity contribution >= 4 is 12.6 Å². The first-order valence-electron chi connectivity index (χ1n) is 5.31. The van der Waals surface area contributed by atoms with E-state index in [9.17, 15) is 13.2 Å². The molecule has 1 rings (SSSR count). The third-order valence-corrected chi connectivity index (χ3v) is 2.92. The lowest BCUT2D eigenvalue weighted by Crippen LogP contribution is -1.98. The minimum absolute atomic E-state index is 0.268. The Bertz CT molecular complexity index is 306. The van der Waals surface area contributed by atoms with Crippen molar-refractivity contribution in [1.82, 2.24) is 0 Å². The number of benzene rings is 1. The Morgan fingerprint density at radius 2 is 1.44 bits per heavy atom. The maximum absolute atomic E-state index is 13.7. The van der Waals surface area contributed by atoms with Gasteiger partial charge in [0.05, 0.1) is 13.3 Å². The Morgan fingerprint density at radius 3 is 2.00 bits per heavy atom. The first-order chi connectivity index (χ1) is 7.70. The highest BCUT2D eigenvalue weighted by molar-refractivity contribution is 7.80. The van der Waals surface area contributed by atoms with Crippen LogP contribution in [0.2, 0.25) is 0 Å². The zero-order valence-electron chi connectivity index (χ0n) is 8.98. The zero-order chi connectivity index (χ0) is 12.0. The average molecular weight is 248 g/mol. The topological polar surface area (TPSA) is 0 Å². The Morgan fingerprint density at radius 1 is 0.938 bits per heavy atom. The molecule has 0 aliphatic rings. The molecule has 0 N–H and O–H groups in total. The van der Waals surface area contributed by atoms with Gasteiger partial charge in [0.25, 0.3) is 0 Å². The van der Waals surface area contributed by atoms with Crippen LogP contribution in [0.5, 0.6) is 0 Å². The Kier molecular flexibility index (Phi) is 5.74. The molecule has 0 fully saturated rings. The molecule has 0 unspecified atom stereocenters. The van der Waals surface area contributed by atoms with Crippen LogP contribution in [0.25, 0.3) is 0 Å². The Balaban J connectivity index is 2.81. The van der Waals surface area contributed by atoms with E-state index in [1.807, 2.05) is 0 Å². The summed E-state index contributed by atoms with van der Waals surface area (Å²) < 4.78 is 37.7. The summed E-state index contributed by atoms with van der Waals surface area (Å²) in [7, 11) is 0. The van der Waals surface area contributed by atoms with Crippen LogP contribution in [0, 0.1) is 5.82 Å². The summed E-state index contributed by atoms with van der Waals surface area (Å²) in [5.74, 6) is -0.395. The SMILES string of the molecule is FCCCc1ccc(CCCF)c(S)c1F. The fourth-order valence-electron chi connectivity index (χ4n) is 1.56. The molecule has 0 saturated carbocycles. The van der Waals surface area contributed by atoms with Crippen LogP contribution in [0.4, 0.5) is 13.2 Å². The molecule has 0 aliphatic carbocycles. The normalized spacial score (nSPS) is 10.8. The fourth-order valence-corrected chi connectivity index (χ4v) is 1.89. The summed E-state index contributed by atoms with van der Waals surface area (Å²) >= 11 is 4.08. The van der Waals surface area contributed by atoms with Crippen molar-refractivity contribution in [2.45, 2.75) is 30.6 Å². The van der Waals surface area contributed by atoms with Gasteiger partial charge >= 0.3 is 0 Å². The molecule has 0 spiro atoms. The predicted molar refractivity (Wildman–Crippen MR) is 62.2 cm³/mol. The maximum Gasteiger partial charge on any atom is 0.139 e. The van der Waals surface area contributed by atoms with E-state index in [-0.39, 0.29) is 4.90 Å². The Hall–Kier alpha value is -0.640. The van der Waals surface area contributed by atoms with Crippen LogP contribution < -0.4 is 0 Å². The smallest absolute Gasteiger partial charge is 0.139 e. The van der Waals surface area contributed by atoms with Gasteiger partial charge in [0.2, 0.25) is 0 Å². The highest BCUT2D eigenvalue weighted by Gasteiger charge is 2.10. The van der Waals surface area contributed by atoms with Crippen LogP contribution in [-0.2, 0) is 12.8 Å². The van der Waals surface area contributed by atoms with Gasteiger partial charge in [0, 0.05) is 4.90 Å². The van der Waals surface area contributed by atoms with E-state index in [2.05, 4.69) is 12.6 Å². The van der Waals surface area contributed by atoms with E-state index < -0.39 is 19.2 Å². The van der Waals surface area contributed by atoms with Crippen molar-refractivity contribution in [2.75, 3.05) is 13.3 Å². The first-order valence-corrected chi connectivity index (χ1v) is 5.76. The first kappa shape index (κ1) is 13.4. The Labute approximate surface area is 99.3 Å². The molecule has 0 radical (unpaired) electrons. The molecule has 16 heavy (non-hydrogen) atoms. The average Bonchev–Trinajstić information content (AvgIpc) is 2.30. The molecule has 0 nitrogen and oxygen atoms in total. The third-order valence-electron chi connectivity index (χ3n) is 2.44. The summed E-state index contributed by atoms with van der Waals surface area (Å²) in [5, 5.41) is 0. The van der Waals surface area contributed by atoms with Crippen molar-refractivity contribution in [3.8, 4) is 0 Å². The van der Waals surface area contributed by atoms with Gasteiger partial charge in [0.15, 0.2) is 0 Å². The number of aryl methyl sites for hydroxylation is 2. The quantitative estimate of drug-likeness (QED) is 0.725. The van der Waals surface area contributed by atoms with Gasteiger partial charge < -0.3 is 0 Å². The maximum atomic E-state index is 13.7. The second-order valence-corrected chi connectivity index (χ2v) is 4.08. The van der Waals surface area contributed by atoms with Crippen LogP contribution in [0.3, 0.4) is 0 Å². The lowest BCUT2D eigenvalue weighted by atomic mass is 10.0. The number of rotatable bonds is 6. The summed E-state index contributed by atoms with van der Waals surface area (Å²) in [6.07, 6.45) is 1.54. The molecular weight excluding hydrogens is 233 g/mol. The molecule has 4 heteroatoms. The van der Waals surface area contributed by atoms with Crippen LogP contribution in [-0.4, -0.2) is 13.3 Å². The van der Waals surface area contributed by atoms with E-state index in [4.69, 9.17) is 0 Å². The van der Waals surface area contributed by atoms with Gasteiger partial charge in [-0.1, -0.05) is 12.1 Å². The molecule has 0 aromatic heterocycles. The molecular formula is C12H15F3S. The van der Waals surface area contributed by atoms with E-state index in [0.717, 1.165) is 0 Å². The predicted octanol–water partition coefficient (Wildman–Crippen LogP) is 3.92. The lowest BCUT2D eigenvalue weighted by Gasteiger charge is -2.09. The molecule has 0 saturated heterocycles. The van der Waals surface area contributed by atoms with Crippen molar-refractivity contribution in [3.05, 3.63) is 29.1 Å².